The number of anilines is 2. The van der Waals surface area contributed by atoms with Crippen molar-refractivity contribution in [1.82, 2.24) is 0 Å². The Labute approximate surface area is 147 Å². The summed E-state index contributed by atoms with van der Waals surface area (Å²) in [7, 11) is -3.33. The molecule has 0 saturated heterocycles. The number of hydrogen-bond donors (Lipinski definition) is 2. The molecule has 0 bridgehead atoms. The van der Waals surface area contributed by atoms with Crippen LogP contribution in [0.1, 0.15) is 6.92 Å². The highest BCUT2D eigenvalue weighted by molar-refractivity contribution is 7.92. The van der Waals surface area contributed by atoms with Crippen LogP contribution in [0.2, 0.25) is 0 Å². The van der Waals surface area contributed by atoms with Crippen molar-refractivity contribution in [3.8, 4) is 11.5 Å². The molecule has 2 N–H and O–H groups in total. The molecule has 0 heterocycles. The zero-order chi connectivity index (χ0) is 18.3. The molecule has 0 spiro atoms. The van der Waals surface area contributed by atoms with Crippen LogP contribution in [0.3, 0.4) is 0 Å². The molecule has 0 fully saturated rings. The summed E-state index contributed by atoms with van der Waals surface area (Å²) in [6.07, 6.45) is 1.07. The average molecular weight is 364 g/mol. The van der Waals surface area contributed by atoms with Gasteiger partial charge in [-0.3, -0.25) is 9.52 Å². The predicted molar refractivity (Wildman–Crippen MR) is 96.6 cm³/mol. The topological polar surface area (TPSA) is 93.7 Å². The van der Waals surface area contributed by atoms with E-state index in [1.54, 1.807) is 42.5 Å². The molecular weight excluding hydrogens is 344 g/mol. The Hall–Kier alpha value is -2.74. The molecule has 25 heavy (non-hydrogen) atoms. The van der Waals surface area contributed by atoms with E-state index < -0.39 is 10.0 Å². The van der Waals surface area contributed by atoms with Crippen molar-refractivity contribution >= 4 is 27.3 Å². The third-order valence-corrected chi connectivity index (χ3v) is 3.59. The minimum absolute atomic E-state index is 0.173. The van der Waals surface area contributed by atoms with Gasteiger partial charge in [-0.15, -0.1) is 0 Å². The highest BCUT2D eigenvalue weighted by Gasteiger charge is 2.08. The van der Waals surface area contributed by atoms with Gasteiger partial charge in [-0.05, 0) is 43.3 Å². The van der Waals surface area contributed by atoms with E-state index in [1.165, 1.54) is 0 Å². The van der Waals surface area contributed by atoms with Gasteiger partial charge in [0.1, 0.15) is 0 Å². The van der Waals surface area contributed by atoms with Crippen molar-refractivity contribution in [1.29, 1.82) is 0 Å². The molecule has 0 radical (unpaired) electrons. The molecule has 0 aliphatic rings. The molecule has 0 atom stereocenters. The van der Waals surface area contributed by atoms with Crippen LogP contribution in [0, 0.1) is 0 Å². The first-order valence-corrected chi connectivity index (χ1v) is 9.49. The first-order valence-electron chi connectivity index (χ1n) is 7.59. The summed E-state index contributed by atoms with van der Waals surface area (Å²) in [6.45, 7) is 2.19. The molecule has 7 nitrogen and oxygen atoms in total. The Balaban J connectivity index is 1.90. The van der Waals surface area contributed by atoms with Gasteiger partial charge >= 0.3 is 0 Å². The maximum Gasteiger partial charge on any atom is 0.262 e. The first kappa shape index (κ1) is 18.6. The van der Waals surface area contributed by atoms with Gasteiger partial charge in [-0.2, -0.15) is 0 Å². The van der Waals surface area contributed by atoms with Crippen LogP contribution >= 0.6 is 0 Å². The van der Waals surface area contributed by atoms with E-state index in [0.717, 1.165) is 6.26 Å². The van der Waals surface area contributed by atoms with Crippen LogP contribution < -0.4 is 19.5 Å². The maximum absolute atomic E-state index is 12.0. The standard InChI is InChI=1S/C17H20N2O5S/c1-3-23-15-6-4-5-7-16(15)24-12-17(20)18-13-8-10-14(11-9-13)19-25(2,21)22/h4-11,19H,3,12H2,1-2H3,(H,18,20). The Morgan fingerprint density at radius 2 is 1.52 bits per heavy atom. The van der Waals surface area contributed by atoms with Crippen molar-refractivity contribution in [3.63, 3.8) is 0 Å². The van der Waals surface area contributed by atoms with Gasteiger partial charge in [0, 0.05) is 11.4 Å². The number of rotatable bonds is 8. The number of ether oxygens (including phenoxy) is 2. The number of sulfonamides is 1. The molecule has 0 aliphatic carbocycles. The highest BCUT2D eigenvalue weighted by Crippen LogP contribution is 2.26. The number of carbonyl (C=O) groups excluding carboxylic acids is 1. The van der Waals surface area contributed by atoms with E-state index in [9.17, 15) is 13.2 Å². The number of para-hydroxylation sites is 2. The summed E-state index contributed by atoms with van der Waals surface area (Å²) in [6, 6.07) is 13.4. The number of hydrogen-bond acceptors (Lipinski definition) is 5. The Morgan fingerprint density at radius 3 is 2.08 bits per heavy atom. The molecule has 2 aromatic rings. The molecule has 0 unspecified atom stereocenters. The van der Waals surface area contributed by atoms with Gasteiger partial charge in [0.15, 0.2) is 18.1 Å². The number of nitrogens with one attached hydrogen (secondary N) is 2. The van der Waals surface area contributed by atoms with Crippen LogP contribution in [0.4, 0.5) is 11.4 Å². The lowest BCUT2D eigenvalue weighted by Crippen LogP contribution is -2.20. The van der Waals surface area contributed by atoms with Gasteiger partial charge in [-0.1, -0.05) is 12.1 Å². The molecule has 2 rings (SSSR count). The fourth-order valence-electron chi connectivity index (χ4n) is 2.02. The van der Waals surface area contributed by atoms with Gasteiger partial charge in [0.05, 0.1) is 12.9 Å². The van der Waals surface area contributed by atoms with E-state index in [0.29, 0.717) is 29.5 Å². The number of amides is 1. The zero-order valence-electron chi connectivity index (χ0n) is 14.0. The molecule has 0 aliphatic heterocycles. The summed E-state index contributed by atoms with van der Waals surface area (Å²) in [5.74, 6) is 0.733. The first-order chi connectivity index (χ1) is 11.9. The lowest BCUT2D eigenvalue weighted by atomic mass is 10.3. The summed E-state index contributed by atoms with van der Waals surface area (Å²) >= 11 is 0. The largest absolute Gasteiger partial charge is 0.490 e. The summed E-state index contributed by atoms with van der Waals surface area (Å²) in [5.41, 5.74) is 0.952. The second-order valence-electron chi connectivity index (χ2n) is 5.17. The van der Waals surface area contributed by atoms with E-state index in [4.69, 9.17) is 9.47 Å². The van der Waals surface area contributed by atoms with Crippen molar-refractivity contribution < 1.29 is 22.7 Å². The van der Waals surface area contributed by atoms with E-state index in [2.05, 4.69) is 10.0 Å². The lowest BCUT2D eigenvalue weighted by Gasteiger charge is -2.12. The lowest BCUT2D eigenvalue weighted by molar-refractivity contribution is -0.118. The van der Waals surface area contributed by atoms with Gasteiger partial charge in [0.25, 0.3) is 5.91 Å². The molecule has 0 aromatic heterocycles. The Kier molecular flexibility index (Phi) is 6.24. The number of benzene rings is 2. The van der Waals surface area contributed by atoms with Crippen molar-refractivity contribution in [2.24, 2.45) is 0 Å². The molecule has 134 valence electrons. The normalized spacial score (nSPS) is 10.8. The zero-order valence-corrected chi connectivity index (χ0v) is 14.8. The summed E-state index contributed by atoms with van der Waals surface area (Å²) in [4.78, 5) is 12.0. The van der Waals surface area contributed by atoms with E-state index >= 15 is 0 Å². The van der Waals surface area contributed by atoms with Crippen LogP contribution in [-0.2, 0) is 14.8 Å². The number of carbonyl (C=O) groups is 1. The smallest absolute Gasteiger partial charge is 0.262 e. The van der Waals surface area contributed by atoms with Crippen molar-refractivity contribution in [3.05, 3.63) is 48.5 Å². The molecular formula is C17H20N2O5S. The van der Waals surface area contributed by atoms with Crippen LogP contribution in [-0.4, -0.2) is 33.8 Å². The van der Waals surface area contributed by atoms with Crippen LogP contribution in [0.25, 0.3) is 0 Å². The van der Waals surface area contributed by atoms with E-state index in [1.807, 2.05) is 13.0 Å². The Morgan fingerprint density at radius 1 is 0.960 bits per heavy atom. The molecule has 0 saturated carbocycles. The third-order valence-electron chi connectivity index (χ3n) is 2.98. The Bertz CT molecular complexity index is 819. The fourth-order valence-corrected chi connectivity index (χ4v) is 2.58. The summed E-state index contributed by atoms with van der Waals surface area (Å²) in [5, 5.41) is 2.67. The maximum atomic E-state index is 12.0. The van der Waals surface area contributed by atoms with Gasteiger partial charge < -0.3 is 14.8 Å². The van der Waals surface area contributed by atoms with Crippen LogP contribution in [0.5, 0.6) is 11.5 Å². The minimum atomic E-state index is -3.33. The second-order valence-corrected chi connectivity index (χ2v) is 6.92. The fraction of sp³-hybridized carbons (Fsp3) is 0.235. The highest BCUT2D eigenvalue weighted by atomic mass is 32.2. The minimum Gasteiger partial charge on any atom is -0.490 e. The monoisotopic (exact) mass is 364 g/mol. The van der Waals surface area contributed by atoms with Crippen molar-refractivity contribution in [2.45, 2.75) is 6.92 Å². The summed E-state index contributed by atoms with van der Waals surface area (Å²) < 4.78 is 35.6. The quantitative estimate of drug-likeness (QED) is 0.750. The van der Waals surface area contributed by atoms with Crippen molar-refractivity contribution in [2.75, 3.05) is 29.5 Å². The van der Waals surface area contributed by atoms with Gasteiger partial charge in [-0.25, -0.2) is 8.42 Å². The molecule has 1 amide bonds. The molecule has 8 heteroatoms. The van der Waals surface area contributed by atoms with Crippen LogP contribution in [0.15, 0.2) is 48.5 Å². The van der Waals surface area contributed by atoms with Gasteiger partial charge in [0.2, 0.25) is 10.0 Å². The second kappa shape index (κ2) is 8.39. The molecule has 2 aromatic carbocycles. The SMILES string of the molecule is CCOc1ccccc1OCC(=O)Nc1ccc(NS(C)(=O)=O)cc1. The average Bonchev–Trinajstić information content (AvgIpc) is 2.55. The predicted octanol–water partition coefficient (Wildman–Crippen LogP) is 2.47. The third kappa shape index (κ3) is 6.34. The van der Waals surface area contributed by atoms with E-state index in [-0.39, 0.29) is 12.5 Å².